The highest BCUT2D eigenvalue weighted by Gasteiger charge is 2.10. The van der Waals surface area contributed by atoms with Crippen LogP contribution in [0.2, 0.25) is 0 Å². The summed E-state index contributed by atoms with van der Waals surface area (Å²) in [7, 11) is 5.54. The van der Waals surface area contributed by atoms with Gasteiger partial charge in [0.2, 0.25) is 0 Å². The molecule has 5 nitrogen and oxygen atoms in total. The van der Waals surface area contributed by atoms with Crippen LogP contribution in [0.3, 0.4) is 0 Å². The molecule has 2 aromatic rings. The van der Waals surface area contributed by atoms with Crippen molar-refractivity contribution in [1.29, 1.82) is 0 Å². The Morgan fingerprint density at radius 2 is 2.00 bits per heavy atom. The lowest BCUT2D eigenvalue weighted by atomic mass is 10.0. The number of nitrogens with one attached hydrogen (secondary N) is 1. The van der Waals surface area contributed by atoms with Gasteiger partial charge >= 0.3 is 0 Å². The molecule has 0 amide bonds. The van der Waals surface area contributed by atoms with Crippen LogP contribution in [0.1, 0.15) is 11.3 Å². The van der Waals surface area contributed by atoms with Gasteiger partial charge in [-0.25, -0.2) is 0 Å². The summed E-state index contributed by atoms with van der Waals surface area (Å²) < 4.78 is 6.89. The van der Waals surface area contributed by atoms with Gasteiger partial charge in [-0.3, -0.25) is 4.68 Å². The largest absolute Gasteiger partial charge is 0.497 e. The molecule has 0 aliphatic heterocycles. The van der Waals surface area contributed by atoms with E-state index in [1.54, 1.807) is 11.8 Å². The van der Waals surface area contributed by atoms with Crippen LogP contribution < -0.4 is 10.1 Å². The zero-order chi connectivity index (χ0) is 13.7. The van der Waals surface area contributed by atoms with E-state index in [1.807, 2.05) is 32.4 Å². The van der Waals surface area contributed by atoms with E-state index >= 15 is 0 Å². The molecule has 1 aromatic heterocycles. The second-order valence-electron chi connectivity index (χ2n) is 4.63. The molecule has 0 spiro atoms. The summed E-state index contributed by atoms with van der Waals surface area (Å²) in [5.41, 5.74) is 2.29. The molecule has 102 valence electrons. The first kappa shape index (κ1) is 13.5. The maximum absolute atomic E-state index is 5.16. The second kappa shape index (κ2) is 6.33. The number of hydrogen-bond acceptors (Lipinski definition) is 4. The van der Waals surface area contributed by atoms with Gasteiger partial charge in [-0.15, -0.1) is 5.10 Å². The first-order valence-corrected chi connectivity index (χ1v) is 6.36. The molecule has 5 heteroatoms. The summed E-state index contributed by atoms with van der Waals surface area (Å²) in [6.45, 7) is 0. The fraction of sp³-hybridized carbons (Fsp3) is 0.429. The molecule has 0 saturated heterocycles. The number of nitrogens with zero attached hydrogens (tertiary/aromatic N) is 3. The van der Waals surface area contributed by atoms with E-state index < -0.39 is 0 Å². The van der Waals surface area contributed by atoms with Crippen molar-refractivity contribution < 1.29 is 4.74 Å². The second-order valence-corrected chi connectivity index (χ2v) is 4.63. The minimum atomic E-state index is 0.352. The standard InChI is InChI=1S/C14H20N4O/c1-15-12(9-13-10-18(2)17-16-13)8-11-4-6-14(19-3)7-5-11/h4-7,10,12,15H,8-9H2,1-3H3. The fourth-order valence-electron chi connectivity index (χ4n) is 2.06. The number of aryl methyl sites for hydroxylation is 1. The number of aromatic nitrogens is 3. The molecule has 0 fully saturated rings. The molecule has 0 radical (unpaired) electrons. The minimum Gasteiger partial charge on any atom is -0.497 e. The Balaban J connectivity index is 1.97. The highest BCUT2D eigenvalue weighted by Crippen LogP contribution is 2.13. The van der Waals surface area contributed by atoms with Crippen LogP contribution in [0.25, 0.3) is 0 Å². The van der Waals surface area contributed by atoms with Gasteiger partial charge in [0.1, 0.15) is 5.75 Å². The first-order chi connectivity index (χ1) is 9.21. The number of likely N-dealkylation sites (N-methyl/N-ethyl adjacent to an activating group) is 1. The normalized spacial score (nSPS) is 12.4. The number of methoxy groups -OCH3 is 1. The molecule has 19 heavy (non-hydrogen) atoms. The van der Waals surface area contributed by atoms with E-state index in [0.717, 1.165) is 24.3 Å². The monoisotopic (exact) mass is 260 g/mol. The van der Waals surface area contributed by atoms with Crippen LogP contribution in [0.15, 0.2) is 30.5 Å². The summed E-state index contributed by atoms with van der Waals surface area (Å²) in [5, 5.41) is 11.4. The van der Waals surface area contributed by atoms with Crippen molar-refractivity contribution in [3.63, 3.8) is 0 Å². The molecule has 1 unspecified atom stereocenters. The third-order valence-electron chi connectivity index (χ3n) is 3.16. The lowest BCUT2D eigenvalue weighted by Gasteiger charge is -2.15. The van der Waals surface area contributed by atoms with Gasteiger partial charge in [-0.2, -0.15) is 0 Å². The lowest BCUT2D eigenvalue weighted by molar-refractivity contribution is 0.414. The summed E-state index contributed by atoms with van der Waals surface area (Å²) in [4.78, 5) is 0. The Hall–Kier alpha value is -1.88. The van der Waals surface area contributed by atoms with E-state index in [9.17, 15) is 0 Å². The quantitative estimate of drug-likeness (QED) is 0.848. The summed E-state index contributed by atoms with van der Waals surface area (Å²) in [5.74, 6) is 0.888. The molecule has 1 heterocycles. The zero-order valence-corrected chi connectivity index (χ0v) is 11.6. The number of ether oxygens (including phenoxy) is 1. The maximum Gasteiger partial charge on any atom is 0.118 e. The van der Waals surface area contributed by atoms with Crippen molar-refractivity contribution in [2.24, 2.45) is 7.05 Å². The molecule has 1 atom stereocenters. The molecular weight excluding hydrogens is 240 g/mol. The summed E-state index contributed by atoms with van der Waals surface area (Å²) in [6, 6.07) is 8.53. The highest BCUT2D eigenvalue weighted by atomic mass is 16.5. The number of rotatable bonds is 6. The van der Waals surface area contributed by atoms with Gasteiger partial charge in [0.15, 0.2) is 0 Å². The van der Waals surface area contributed by atoms with Gasteiger partial charge in [0, 0.05) is 25.7 Å². The van der Waals surface area contributed by atoms with Crippen molar-refractivity contribution in [3.8, 4) is 5.75 Å². The Labute approximate surface area is 113 Å². The van der Waals surface area contributed by atoms with Crippen LogP contribution in [-0.2, 0) is 19.9 Å². The maximum atomic E-state index is 5.16. The third-order valence-corrected chi connectivity index (χ3v) is 3.16. The van der Waals surface area contributed by atoms with Crippen LogP contribution in [-0.4, -0.2) is 35.2 Å². The fourth-order valence-corrected chi connectivity index (χ4v) is 2.06. The van der Waals surface area contributed by atoms with Crippen molar-refractivity contribution in [1.82, 2.24) is 20.3 Å². The predicted octanol–water partition coefficient (Wildman–Crippen LogP) is 1.20. The van der Waals surface area contributed by atoms with Gasteiger partial charge in [0.25, 0.3) is 0 Å². The van der Waals surface area contributed by atoms with Gasteiger partial charge in [0.05, 0.1) is 12.8 Å². The van der Waals surface area contributed by atoms with E-state index in [0.29, 0.717) is 6.04 Å². The Morgan fingerprint density at radius 3 is 2.53 bits per heavy atom. The number of benzene rings is 1. The lowest BCUT2D eigenvalue weighted by Crippen LogP contribution is -2.30. The number of hydrogen-bond donors (Lipinski definition) is 1. The van der Waals surface area contributed by atoms with Crippen molar-refractivity contribution >= 4 is 0 Å². The summed E-state index contributed by atoms with van der Waals surface area (Å²) in [6.07, 6.45) is 3.78. The molecule has 1 N–H and O–H groups in total. The van der Waals surface area contributed by atoms with Crippen LogP contribution in [0, 0.1) is 0 Å². The Bertz CT molecular complexity index is 506. The molecule has 0 aliphatic rings. The third kappa shape index (κ3) is 3.79. The Morgan fingerprint density at radius 1 is 1.26 bits per heavy atom. The van der Waals surface area contributed by atoms with Gasteiger partial charge < -0.3 is 10.1 Å². The average Bonchev–Trinajstić information content (AvgIpc) is 2.84. The highest BCUT2D eigenvalue weighted by molar-refractivity contribution is 5.27. The van der Waals surface area contributed by atoms with Crippen LogP contribution in [0.5, 0.6) is 5.75 Å². The van der Waals surface area contributed by atoms with E-state index in [1.165, 1.54) is 5.56 Å². The smallest absolute Gasteiger partial charge is 0.118 e. The van der Waals surface area contributed by atoms with Gasteiger partial charge in [-0.1, -0.05) is 17.3 Å². The van der Waals surface area contributed by atoms with Gasteiger partial charge in [-0.05, 0) is 31.2 Å². The zero-order valence-electron chi connectivity index (χ0n) is 11.6. The first-order valence-electron chi connectivity index (χ1n) is 6.36. The predicted molar refractivity (Wildman–Crippen MR) is 74.3 cm³/mol. The molecule has 0 aliphatic carbocycles. The molecule has 0 saturated carbocycles. The topological polar surface area (TPSA) is 52.0 Å². The molecular formula is C14H20N4O. The minimum absolute atomic E-state index is 0.352. The molecule has 2 rings (SSSR count). The van der Waals surface area contributed by atoms with E-state index in [4.69, 9.17) is 4.74 Å². The van der Waals surface area contributed by atoms with Crippen LogP contribution in [0.4, 0.5) is 0 Å². The summed E-state index contributed by atoms with van der Waals surface area (Å²) >= 11 is 0. The SMILES string of the molecule is CNC(Cc1ccc(OC)cc1)Cc1cn(C)nn1. The average molecular weight is 260 g/mol. The van der Waals surface area contributed by atoms with Crippen LogP contribution >= 0.6 is 0 Å². The van der Waals surface area contributed by atoms with Crippen molar-refractivity contribution in [2.45, 2.75) is 18.9 Å². The van der Waals surface area contributed by atoms with Crippen molar-refractivity contribution in [2.75, 3.05) is 14.2 Å². The molecule has 0 bridgehead atoms. The van der Waals surface area contributed by atoms with E-state index in [-0.39, 0.29) is 0 Å². The molecule has 1 aromatic carbocycles. The Kier molecular flexibility index (Phi) is 4.52. The van der Waals surface area contributed by atoms with E-state index in [2.05, 4.69) is 27.8 Å². The van der Waals surface area contributed by atoms with Crippen molar-refractivity contribution in [3.05, 3.63) is 41.7 Å².